The quantitative estimate of drug-likeness (QED) is 0.206. The van der Waals surface area contributed by atoms with Gasteiger partial charge in [0.05, 0.1) is 27.5 Å². The van der Waals surface area contributed by atoms with E-state index in [4.69, 9.17) is 4.42 Å². The molecule has 3 aromatic heterocycles. The molecule has 210 valence electrons. The van der Waals surface area contributed by atoms with Crippen molar-refractivity contribution >= 4 is 65.6 Å². The van der Waals surface area contributed by atoms with E-state index < -0.39 is 0 Å². The van der Waals surface area contributed by atoms with Crippen LogP contribution in [-0.2, 0) is 0 Å². The lowest BCUT2D eigenvalue weighted by Gasteiger charge is -2.12. The molecule has 0 N–H and O–H groups in total. The molecule has 0 unspecified atom stereocenters. The Kier molecular flexibility index (Phi) is 5.00. The zero-order valence-corrected chi connectivity index (χ0v) is 24.3. The van der Waals surface area contributed by atoms with Crippen LogP contribution in [0.4, 0.5) is 0 Å². The van der Waals surface area contributed by atoms with Crippen LogP contribution in [0.2, 0.25) is 0 Å². The van der Waals surface area contributed by atoms with Crippen molar-refractivity contribution in [2.75, 3.05) is 0 Å². The van der Waals surface area contributed by atoms with Crippen LogP contribution in [0, 0.1) is 0 Å². The fourth-order valence-corrected chi connectivity index (χ4v) is 7.36. The third-order valence-corrected chi connectivity index (χ3v) is 9.32. The maximum atomic E-state index is 6.32. The maximum Gasteiger partial charge on any atom is 0.137 e. The van der Waals surface area contributed by atoms with E-state index in [1.54, 1.807) is 0 Å². The standard InChI is InChI=1S/C42H26N2O/c1-5-16-36-31(12-1)32-13-2-6-17-37(32)43(36)29-22-20-27(21-23-29)28-10-9-11-30(26-28)44-38-18-7-3-14-33(38)34-24-25-40-41(42(34)44)35-15-4-8-19-39(35)45-40/h1-26H. The van der Waals surface area contributed by atoms with Gasteiger partial charge in [-0.05, 0) is 71.8 Å². The summed E-state index contributed by atoms with van der Waals surface area (Å²) in [6.45, 7) is 0. The van der Waals surface area contributed by atoms with E-state index in [1.807, 2.05) is 6.07 Å². The topological polar surface area (TPSA) is 23.0 Å². The van der Waals surface area contributed by atoms with Gasteiger partial charge in [0.2, 0.25) is 0 Å². The number of para-hydroxylation sites is 4. The van der Waals surface area contributed by atoms with Crippen molar-refractivity contribution < 1.29 is 4.42 Å². The van der Waals surface area contributed by atoms with Gasteiger partial charge in [0, 0.05) is 38.3 Å². The largest absolute Gasteiger partial charge is 0.456 e. The van der Waals surface area contributed by atoms with Gasteiger partial charge in [0.25, 0.3) is 0 Å². The Morgan fingerprint density at radius 2 is 0.956 bits per heavy atom. The highest BCUT2D eigenvalue weighted by Gasteiger charge is 2.19. The number of rotatable bonds is 3. The Balaban J connectivity index is 1.16. The monoisotopic (exact) mass is 574 g/mol. The summed E-state index contributed by atoms with van der Waals surface area (Å²) in [5.41, 5.74) is 11.3. The summed E-state index contributed by atoms with van der Waals surface area (Å²) in [5.74, 6) is 0. The Morgan fingerprint density at radius 3 is 1.67 bits per heavy atom. The van der Waals surface area contributed by atoms with E-state index in [9.17, 15) is 0 Å². The highest BCUT2D eigenvalue weighted by atomic mass is 16.3. The Hall–Kier alpha value is -6.06. The van der Waals surface area contributed by atoms with E-state index in [2.05, 4.69) is 161 Å². The van der Waals surface area contributed by atoms with Crippen LogP contribution in [0.15, 0.2) is 162 Å². The summed E-state index contributed by atoms with van der Waals surface area (Å²) in [5, 5.41) is 7.30. The first-order valence-corrected chi connectivity index (χ1v) is 15.4. The third-order valence-electron chi connectivity index (χ3n) is 9.32. The van der Waals surface area contributed by atoms with Crippen LogP contribution in [-0.4, -0.2) is 9.13 Å². The molecular weight excluding hydrogens is 548 g/mol. The molecule has 3 nitrogen and oxygen atoms in total. The summed E-state index contributed by atoms with van der Waals surface area (Å²) >= 11 is 0. The average molecular weight is 575 g/mol. The van der Waals surface area contributed by atoms with E-state index in [0.717, 1.165) is 33.3 Å². The van der Waals surface area contributed by atoms with Crippen molar-refractivity contribution in [3.8, 4) is 22.5 Å². The fraction of sp³-hybridized carbons (Fsp3) is 0. The van der Waals surface area contributed by atoms with Crippen molar-refractivity contribution in [2.45, 2.75) is 0 Å². The second-order valence-corrected chi connectivity index (χ2v) is 11.8. The highest BCUT2D eigenvalue weighted by Crippen LogP contribution is 2.41. The van der Waals surface area contributed by atoms with Gasteiger partial charge in [-0.2, -0.15) is 0 Å². The molecule has 0 saturated carbocycles. The van der Waals surface area contributed by atoms with Gasteiger partial charge in [-0.15, -0.1) is 0 Å². The molecule has 3 heterocycles. The van der Waals surface area contributed by atoms with Crippen molar-refractivity contribution in [3.63, 3.8) is 0 Å². The molecule has 0 fully saturated rings. The van der Waals surface area contributed by atoms with Crippen molar-refractivity contribution in [3.05, 3.63) is 158 Å². The minimum Gasteiger partial charge on any atom is -0.456 e. The van der Waals surface area contributed by atoms with Gasteiger partial charge >= 0.3 is 0 Å². The van der Waals surface area contributed by atoms with Crippen molar-refractivity contribution in [2.24, 2.45) is 0 Å². The number of fused-ring (bicyclic) bond motifs is 10. The molecule has 3 heteroatoms. The molecule has 0 aliphatic heterocycles. The molecule has 45 heavy (non-hydrogen) atoms. The molecule has 10 rings (SSSR count). The lowest BCUT2D eigenvalue weighted by atomic mass is 10.0. The summed E-state index contributed by atoms with van der Waals surface area (Å²) in [7, 11) is 0. The van der Waals surface area contributed by atoms with E-state index >= 15 is 0 Å². The summed E-state index contributed by atoms with van der Waals surface area (Å²) < 4.78 is 11.1. The van der Waals surface area contributed by atoms with Crippen LogP contribution in [0.3, 0.4) is 0 Å². The molecule has 0 bridgehead atoms. The van der Waals surface area contributed by atoms with Crippen LogP contribution in [0.25, 0.3) is 88.1 Å². The van der Waals surface area contributed by atoms with Crippen molar-refractivity contribution in [1.82, 2.24) is 9.13 Å². The Morgan fingerprint density at radius 1 is 0.356 bits per heavy atom. The number of nitrogens with zero attached hydrogens (tertiary/aromatic N) is 2. The van der Waals surface area contributed by atoms with E-state index in [0.29, 0.717) is 0 Å². The molecule has 0 radical (unpaired) electrons. The minimum absolute atomic E-state index is 0.907. The molecule has 0 saturated heterocycles. The number of hydrogen-bond acceptors (Lipinski definition) is 1. The van der Waals surface area contributed by atoms with E-state index in [-0.39, 0.29) is 0 Å². The molecule has 7 aromatic carbocycles. The van der Waals surface area contributed by atoms with E-state index in [1.165, 1.54) is 54.7 Å². The van der Waals surface area contributed by atoms with Crippen molar-refractivity contribution in [1.29, 1.82) is 0 Å². The molecule has 10 aromatic rings. The minimum atomic E-state index is 0.907. The number of furan rings is 1. The molecule has 0 amide bonds. The summed E-state index contributed by atoms with van der Waals surface area (Å²) in [6.07, 6.45) is 0. The fourth-order valence-electron chi connectivity index (χ4n) is 7.36. The van der Waals surface area contributed by atoms with Crippen LogP contribution >= 0.6 is 0 Å². The lowest BCUT2D eigenvalue weighted by molar-refractivity contribution is 0.669. The van der Waals surface area contributed by atoms with Gasteiger partial charge in [0.15, 0.2) is 0 Å². The molecular formula is C42H26N2O. The van der Waals surface area contributed by atoms with Gasteiger partial charge < -0.3 is 13.6 Å². The predicted molar refractivity (Wildman–Crippen MR) is 188 cm³/mol. The second kappa shape index (κ2) is 9.22. The molecule has 0 aliphatic rings. The maximum absolute atomic E-state index is 6.32. The Bertz CT molecular complexity index is 2700. The number of aromatic nitrogens is 2. The van der Waals surface area contributed by atoms with Gasteiger partial charge in [-0.3, -0.25) is 0 Å². The molecule has 0 atom stereocenters. The van der Waals surface area contributed by atoms with Crippen LogP contribution < -0.4 is 0 Å². The highest BCUT2D eigenvalue weighted by molar-refractivity contribution is 6.24. The molecule has 0 spiro atoms. The summed E-state index contributed by atoms with van der Waals surface area (Å²) in [4.78, 5) is 0. The first kappa shape index (κ1) is 24.4. The predicted octanol–water partition coefficient (Wildman–Crippen LogP) is 11.4. The Labute approximate surface area is 258 Å². The first-order chi connectivity index (χ1) is 22.3. The zero-order chi connectivity index (χ0) is 29.5. The first-order valence-electron chi connectivity index (χ1n) is 15.4. The average Bonchev–Trinajstić information content (AvgIpc) is 3.76. The van der Waals surface area contributed by atoms with Crippen LogP contribution in [0.5, 0.6) is 0 Å². The molecule has 0 aliphatic carbocycles. The normalized spacial score (nSPS) is 12.0. The van der Waals surface area contributed by atoms with Gasteiger partial charge in [-0.1, -0.05) is 97.1 Å². The van der Waals surface area contributed by atoms with Crippen LogP contribution in [0.1, 0.15) is 0 Å². The number of hydrogen-bond donors (Lipinski definition) is 0. The van der Waals surface area contributed by atoms with Gasteiger partial charge in [0.1, 0.15) is 11.2 Å². The number of benzene rings is 7. The lowest BCUT2D eigenvalue weighted by Crippen LogP contribution is -1.95. The second-order valence-electron chi connectivity index (χ2n) is 11.8. The third kappa shape index (κ3) is 3.46. The SMILES string of the molecule is c1cc(-c2ccc(-n3c4ccccc4c4ccccc43)cc2)cc(-n2c3ccccc3c3ccc4oc5ccccc5c4c32)c1. The zero-order valence-electron chi connectivity index (χ0n) is 24.3. The van der Waals surface area contributed by atoms with Gasteiger partial charge in [-0.25, -0.2) is 0 Å². The smallest absolute Gasteiger partial charge is 0.137 e. The summed E-state index contributed by atoms with van der Waals surface area (Å²) in [6, 6.07) is 56.5.